The smallest absolute Gasteiger partial charge is 0.241 e. The highest BCUT2D eigenvalue weighted by molar-refractivity contribution is 7.89. The van der Waals surface area contributed by atoms with Crippen LogP contribution in [0.3, 0.4) is 0 Å². The van der Waals surface area contributed by atoms with E-state index in [1.165, 1.54) is 37.7 Å². The van der Waals surface area contributed by atoms with Crippen molar-refractivity contribution < 1.29 is 13.2 Å². The summed E-state index contributed by atoms with van der Waals surface area (Å²) in [6, 6.07) is 7.05. The van der Waals surface area contributed by atoms with Crippen LogP contribution in [-0.4, -0.2) is 26.9 Å². The summed E-state index contributed by atoms with van der Waals surface area (Å²) in [6.07, 6.45) is 6.15. The second-order valence-corrected chi connectivity index (χ2v) is 8.22. The Morgan fingerprint density at radius 2 is 1.74 bits per heavy atom. The van der Waals surface area contributed by atoms with Crippen LogP contribution in [-0.2, 0) is 14.8 Å². The Morgan fingerprint density at radius 3 is 2.30 bits per heavy atom. The molecule has 5 nitrogen and oxygen atoms in total. The average molecular weight is 338 g/mol. The van der Waals surface area contributed by atoms with E-state index in [2.05, 4.69) is 10.0 Å². The Kier molecular flexibility index (Phi) is 6.18. The van der Waals surface area contributed by atoms with Crippen LogP contribution in [0.25, 0.3) is 0 Å². The van der Waals surface area contributed by atoms with Crippen molar-refractivity contribution in [3.8, 4) is 0 Å². The van der Waals surface area contributed by atoms with Crippen LogP contribution in [0.15, 0.2) is 29.2 Å². The normalized spacial score (nSPS) is 16.5. The van der Waals surface area contributed by atoms with Gasteiger partial charge in [0.2, 0.25) is 15.9 Å². The molecule has 1 aliphatic carbocycles. The molecule has 2 N–H and O–H groups in total. The second-order valence-electron chi connectivity index (χ2n) is 6.45. The van der Waals surface area contributed by atoms with E-state index in [1.807, 2.05) is 26.0 Å². The van der Waals surface area contributed by atoms with E-state index in [1.54, 1.807) is 12.1 Å². The second kappa shape index (κ2) is 7.93. The van der Waals surface area contributed by atoms with E-state index in [0.29, 0.717) is 5.92 Å². The summed E-state index contributed by atoms with van der Waals surface area (Å²) in [7, 11) is -3.65. The van der Waals surface area contributed by atoms with E-state index in [0.717, 1.165) is 0 Å². The van der Waals surface area contributed by atoms with Crippen LogP contribution in [0.1, 0.15) is 57.4 Å². The van der Waals surface area contributed by atoms with Gasteiger partial charge in [-0.15, -0.1) is 0 Å². The van der Waals surface area contributed by atoms with E-state index < -0.39 is 10.0 Å². The molecule has 128 valence electrons. The van der Waals surface area contributed by atoms with Gasteiger partial charge >= 0.3 is 0 Å². The van der Waals surface area contributed by atoms with Gasteiger partial charge in [-0.05, 0) is 50.3 Å². The number of amides is 1. The maximum absolute atomic E-state index is 12.2. The molecular formula is C17H26N2O3S. The highest BCUT2D eigenvalue weighted by Gasteiger charge is 2.18. The Labute approximate surface area is 138 Å². The number of hydrogen-bond acceptors (Lipinski definition) is 3. The number of hydrogen-bond donors (Lipinski definition) is 2. The number of rotatable bonds is 6. The van der Waals surface area contributed by atoms with Crippen LogP contribution < -0.4 is 10.0 Å². The molecule has 0 heterocycles. The van der Waals surface area contributed by atoms with Crippen molar-refractivity contribution in [1.29, 1.82) is 0 Å². The summed E-state index contributed by atoms with van der Waals surface area (Å²) in [5.41, 5.74) is 1.21. The van der Waals surface area contributed by atoms with Gasteiger partial charge in [0.25, 0.3) is 0 Å². The van der Waals surface area contributed by atoms with Crippen molar-refractivity contribution in [3.63, 3.8) is 0 Å². The minimum absolute atomic E-state index is 0.0122. The van der Waals surface area contributed by atoms with Crippen molar-refractivity contribution in [3.05, 3.63) is 29.8 Å². The summed E-state index contributed by atoms with van der Waals surface area (Å²) in [6.45, 7) is 3.41. The summed E-state index contributed by atoms with van der Waals surface area (Å²) in [5, 5.41) is 2.65. The van der Waals surface area contributed by atoms with Gasteiger partial charge in [0.05, 0.1) is 11.4 Å². The van der Waals surface area contributed by atoms with E-state index >= 15 is 0 Å². The Bertz CT molecular complexity index is 618. The molecule has 1 aliphatic rings. The first kappa shape index (κ1) is 17.9. The van der Waals surface area contributed by atoms with Crippen LogP contribution in [0.2, 0.25) is 0 Å². The largest absolute Gasteiger partial charge is 0.353 e. The highest BCUT2D eigenvalue weighted by atomic mass is 32.2. The number of carbonyl (C=O) groups excluding carboxylic acids is 1. The maximum Gasteiger partial charge on any atom is 0.241 e. The molecule has 0 saturated heterocycles. The summed E-state index contributed by atoms with van der Waals surface area (Å²) >= 11 is 0. The van der Waals surface area contributed by atoms with Crippen molar-refractivity contribution in [1.82, 2.24) is 10.0 Å². The lowest BCUT2D eigenvalue weighted by atomic mass is 9.84. The molecule has 1 saturated carbocycles. The molecule has 1 fully saturated rings. The predicted molar refractivity (Wildman–Crippen MR) is 90.7 cm³/mol. The molecule has 1 aromatic carbocycles. The highest BCUT2D eigenvalue weighted by Crippen LogP contribution is 2.32. The first-order valence-corrected chi connectivity index (χ1v) is 9.76. The minimum atomic E-state index is -3.65. The molecule has 6 heteroatoms. The molecule has 0 unspecified atom stereocenters. The fraction of sp³-hybridized carbons (Fsp3) is 0.588. The van der Waals surface area contributed by atoms with Crippen LogP contribution >= 0.6 is 0 Å². The van der Waals surface area contributed by atoms with Crippen LogP contribution in [0, 0.1) is 0 Å². The molecule has 2 rings (SSSR count). The van der Waals surface area contributed by atoms with Crippen molar-refractivity contribution in [2.24, 2.45) is 0 Å². The van der Waals surface area contributed by atoms with Gasteiger partial charge in [0.15, 0.2) is 0 Å². The fourth-order valence-electron chi connectivity index (χ4n) is 2.97. The van der Waals surface area contributed by atoms with E-state index in [9.17, 15) is 13.2 Å². The minimum Gasteiger partial charge on any atom is -0.353 e. The maximum atomic E-state index is 12.2. The average Bonchev–Trinajstić information content (AvgIpc) is 2.53. The number of carbonyl (C=O) groups is 1. The third-order valence-electron chi connectivity index (χ3n) is 4.14. The van der Waals surface area contributed by atoms with Gasteiger partial charge < -0.3 is 5.32 Å². The van der Waals surface area contributed by atoms with Crippen molar-refractivity contribution >= 4 is 15.9 Å². The number of nitrogens with one attached hydrogen (secondary N) is 2. The molecule has 1 aromatic rings. The SMILES string of the molecule is CC(C)NC(=O)CNS(=O)(=O)c1ccc(C2CCCCC2)cc1. The van der Waals surface area contributed by atoms with Crippen molar-refractivity contribution in [2.45, 2.75) is 62.8 Å². The monoisotopic (exact) mass is 338 g/mol. The van der Waals surface area contributed by atoms with Gasteiger partial charge in [-0.2, -0.15) is 0 Å². The van der Waals surface area contributed by atoms with Crippen molar-refractivity contribution in [2.75, 3.05) is 6.54 Å². The number of sulfonamides is 1. The van der Waals surface area contributed by atoms with Crippen LogP contribution in [0.4, 0.5) is 0 Å². The lowest BCUT2D eigenvalue weighted by Gasteiger charge is -2.22. The van der Waals surface area contributed by atoms with Crippen LogP contribution in [0.5, 0.6) is 0 Å². The molecule has 0 spiro atoms. The molecule has 0 radical (unpaired) electrons. The van der Waals surface area contributed by atoms with Gasteiger partial charge in [-0.3, -0.25) is 4.79 Å². The molecular weight excluding hydrogens is 312 g/mol. The molecule has 0 aliphatic heterocycles. The quantitative estimate of drug-likeness (QED) is 0.837. The predicted octanol–water partition coefficient (Wildman–Crippen LogP) is 2.54. The lowest BCUT2D eigenvalue weighted by molar-refractivity contribution is -0.120. The standard InChI is InChI=1S/C17H26N2O3S/c1-13(2)19-17(20)12-18-23(21,22)16-10-8-15(9-11-16)14-6-4-3-5-7-14/h8-11,13-14,18H,3-7,12H2,1-2H3,(H,19,20). The van der Waals surface area contributed by atoms with Gasteiger partial charge in [0, 0.05) is 6.04 Å². The van der Waals surface area contributed by atoms with Gasteiger partial charge in [-0.25, -0.2) is 13.1 Å². The molecule has 0 aromatic heterocycles. The Morgan fingerprint density at radius 1 is 1.13 bits per heavy atom. The third-order valence-corrected chi connectivity index (χ3v) is 5.56. The lowest BCUT2D eigenvalue weighted by Crippen LogP contribution is -2.39. The topological polar surface area (TPSA) is 75.3 Å². The summed E-state index contributed by atoms with van der Waals surface area (Å²) < 4.78 is 26.8. The molecule has 0 bridgehead atoms. The molecule has 0 atom stereocenters. The van der Waals surface area contributed by atoms with Gasteiger partial charge in [0.1, 0.15) is 0 Å². The zero-order valence-electron chi connectivity index (χ0n) is 13.8. The number of benzene rings is 1. The van der Waals surface area contributed by atoms with E-state index in [-0.39, 0.29) is 23.4 Å². The van der Waals surface area contributed by atoms with Gasteiger partial charge in [-0.1, -0.05) is 31.4 Å². The molecule has 23 heavy (non-hydrogen) atoms. The summed E-state index contributed by atoms with van der Waals surface area (Å²) in [4.78, 5) is 11.8. The Balaban J connectivity index is 1.98. The summed E-state index contributed by atoms with van der Waals surface area (Å²) in [5.74, 6) is 0.215. The first-order chi connectivity index (χ1) is 10.9. The third kappa shape index (κ3) is 5.32. The van der Waals surface area contributed by atoms with E-state index in [4.69, 9.17) is 0 Å². The first-order valence-electron chi connectivity index (χ1n) is 8.27. The zero-order valence-corrected chi connectivity index (χ0v) is 14.7. The fourth-order valence-corrected chi connectivity index (χ4v) is 3.95. The molecule has 1 amide bonds. The zero-order chi connectivity index (χ0) is 16.9. The Hall–Kier alpha value is -1.40.